The minimum Gasteiger partial charge on any atom is -0.326 e. The van der Waals surface area contributed by atoms with Crippen LogP contribution in [-0.2, 0) is 16.9 Å². The summed E-state index contributed by atoms with van der Waals surface area (Å²) in [7, 11) is 0. The van der Waals surface area contributed by atoms with Crippen molar-refractivity contribution < 1.29 is 9.59 Å². The van der Waals surface area contributed by atoms with E-state index in [0.717, 1.165) is 0 Å². The van der Waals surface area contributed by atoms with Gasteiger partial charge in [-0.05, 0) is 52.0 Å². The number of anilines is 1. The van der Waals surface area contributed by atoms with Crippen molar-refractivity contribution in [3.8, 4) is 0 Å². The quantitative estimate of drug-likeness (QED) is 0.685. The minimum atomic E-state index is -0.287. The Morgan fingerprint density at radius 1 is 1.14 bits per heavy atom. The molecule has 28 heavy (non-hydrogen) atoms. The van der Waals surface area contributed by atoms with Crippen molar-refractivity contribution in [2.75, 3.05) is 5.32 Å². The van der Waals surface area contributed by atoms with E-state index >= 15 is 0 Å². The summed E-state index contributed by atoms with van der Waals surface area (Å²) in [6, 6.07) is 6.67. The van der Waals surface area contributed by atoms with Crippen molar-refractivity contribution in [2.24, 2.45) is 0 Å². The SMILES string of the molecule is CC(=O)c1ccc(NC(=O)CCn2cnc3c(cnn3C(C)(C)C)c2=O)cc1. The van der Waals surface area contributed by atoms with E-state index in [2.05, 4.69) is 15.4 Å². The number of nitrogens with one attached hydrogen (secondary N) is 1. The molecule has 1 amide bonds. The number of carbonyl (C=O) groups is 2. The number of nitrogens with zero attached hydrogens (tertiary/aromatic N) is 4. The normalized spacial score (nSPS) is 11.6. The van der Waals surface area contributed by atoms with Gasteiger partial charge < -0.3 is 5.32 Å². The van der Waals surface area contributed by atoms with Crippen LogP contribution in [0.2, 0.25) is 0 Å². The van der Waals surface area contributed by atoms with Crippen LogP contribution in [-0.4, -0.2) is 31.0 Å². The molecule has 0 aliphatic carbocycles. The number of aryl methyl sites for hydroxylation is 1. The van der Waals surface area contributed by atoms with Gasteiger partial charge in [-0.25, -0.2) is 9.67 Å². The maximum atomic E-state index is 12.6. The van der Waals surface area contributed by atoms with Crippen LogP contribution in [0.15, 0.2) is 41.6 Å². The first-order chi connectivity index (χ1) is 13.2. The van der Waals surface area contributed by atoms with Crippen LogP contribution >= 0.6 is 0 Å². The molecular weight excluding hydrogens is 358 g/mol. The second kappa shape index (κ2) is 7.38. The van der Waals surface area contributed by atoms with Gasteiger partial charge in [-0.2, -0.15) is 5.10 Å². The lowest BCUT2D eigenvalue weighted by molar-refractivity contribution is -0.116. The second-order valence-electron chi connectivity index (χ2n) is 7.64. The van der Waals surface area contributed by atoms with E-state index in [1.54, 1.807) is 28.9 Å². The summed E-state index contributed by atoms with van der Waals surface area (Å²) >= 11 is 0. The number of hydrogen-bond acceptors (Lipinski definition) is 5. The number of ketones is 1. The van der Waals surface area contributed by atoms with Gasteiger partial charge in [-0.3, -0.25) is 19.0 Å². The van der Waals surface area contributed by atoms with E-state index in [0.29, 0.717) is 22.3 Å². The molecule has 0 bridgehead atoms. The predicted molar refractivity (Wildman–Crippen MR) is 106 cm³/mol. The maximum Gasteiger partial charge on any atom is 0.264 e. The molecule has 146 valence electrons. The molecule has 0 radical (unpaired) electrons. The zero-order valence-corrected chi connectivity index (χ0v) is 16.4. The zero-order valence-electron chi connectivity index (χ0n) is 16.4. The summed E-state index contributed by atoms with van der Waals surface area (Å²) in [5.74, 6) is -0.261. The highest BCUT2D eigenvalue weighted by molar-refractivity contribution is 5.95. The van der Waals surface area contributed by atoms with Gasteiger partial charge in [0.05, 0.1) is 18.1 Å². The van der Waals surface area contributed by atoms with Crippen LogP contribution in [0.5, 0.6) is 0 Å². The van der Waals surface area contributed by atoms with Gasteiger partial charge in [-0.15, -0.1) is 0 Å². The van der Waals surface area contributed by atoms with Gasteiger partial charge in [-0.1, -0.05) is 0 Å². The molecule has 1 aromatic carbocycles. The summed E-state index contributed by atoms with van der Waals surface area (Å²) in [6.45, 7) is 7.65. The Morgan fingerprint density at radius 3 is 2.43 bits per heavy atom. The Morgan fingerprint density at radius 2 is 1.82 bits per heavy atom. The smallest absolute Gasteiger partial charge is 0.264 e. The molecular formula is C20H23N5O3. The van der Waals surface area contributed by atoms with Crippen LogP contribution in [0.25, 0.3) is 11.0 Å². The van der Waals surface area contributed by atoms with Gasteiger partial charge in [0.2, 0.25) is 5.91 Å². The van der Waals surface area contributed by atoms with Crippen LogP contribution < -0.4 is 10.9 Å². The Balaban J connectivity index is 1.69. The average molecular weight is 381 g/mol. The Labute approximate surface area is 162 Å². The molecule has 0 spiro atoms. The molecule has 3 aromatic rings. The highest BCUT2D eigenvalue weighted by Crippen LogP contribution is 2.17. The molecule has 2 aromatic heterocycles. The molecule has 1 N–H and O–H groups in total. The van der Waals surface area contributed by atoms with E-state index in [-0.39, 0.29) is 35.8 Å². The molecule has 0 atom stereocenters. The van der Waals surface area contributed by atoms with Crippen LogP contribution in [0.3, 0.4) is 0 Å². The number of hydrogen-bond donors (Lipinski definition) is 1. The standard InChI is InChI=1S/C20H23N5O3/c1-13(26)14-5-7-15(8-6-14)23-17(27)9-10-24-12-21-18-16(19(24)28)11-22-25(18)20(2,3)4/h5-8,11-12H,9-10H2,1-4H3,(H,23,27). The van der Waals surface area contributed by atoms with Crippen molar-refractivity contribution in [3.63, 3.8) is 0 Å². The fourth-order valence-corrected chi connectivity index (χ4v) is 2.83. The number of amides is 1. The average Bonchev–Trinajstić information content (AvgIpc) is 3.07. The number of carbonyl (C=O) groups excluding carboxylic acids is 2. The molecule has 0 fully saturated rings. The molecule has 0 aliphatic heterocycles. The summed E-state index contributed by atoms with van der Waals surface area (Å²) in [5, 5.41) is 7.46. The van der Waals surface area contributed by atoms with Crippen LogP contribution in [0, 0.1) is 0 Å². The first kappa shape index (κ1) is 19.5. The van der Waals surface area contributed by atoms with Gasteiger partial charge in [0.15, 0.2) is 11.4 Å². The van der Waals surface area contributed by atoms with Crippen LogP contribution in [0.1, 0.15) is 44.5 Å². The van der Waals surface area contributed by atoms with Gasteiger partial charge in [0.1, 0.15) is 5.39 Å². The van der Waals surface area contributed by atoms with E-state index < -0.39 is 0 Å². The van der Waals surface area contributed by atoms with Crippen molar-refractivity contribution in [3.05, 3.63) is 52.7 Å². The third-order valence-corrected chi connectivity index (χ3v) is 4.34. The van der Waals surface area contributed by atoms with E-state index in [1.807, 2.05) is 20.8 Å². The summed E-state index contributed by atoms with van der Waals surface area (Å²) in [5.41, 5.74) is 1.20. The Bertz CT molecular complexity index is 1090. The first-order valence-electron chi connectivity index (χ1n) is 9.01. The molecule has 0 unspecified atom stereocenters. The number of fused-ring (bicyclic) bond motifs is 1. The molecule has 0 saturated carbocycles. The number of benzene rings is 1. The number of Topliss-reactive ketones (excluding diaryl/α,β-unsaturated/α-hetero) is 1. The lowest BCUT2D eigenvalue weighted by Gasteiger charge is -2.19. The minimum absolute atomic E-state index is 0.0325. The molecule has 3 rings (SSSR count). The third-order valence-electron chi connectivity index (χ3n) is 4.34. The summed E-state index contributed by atoms with van der Waals surface area (Å²) in [4.78, 5) is 40.5. The second-order valence-corrected chi connectivity index (χ2v) is 7.64. The molecule has 0 saturated heterocycles. The van der Waals surface area contributed by atoms with Crippen molar-refractivity contribution in [1.82, 2.24) is 19.3 Å². The Hall–Kier alpha value is -3.29. The lowest BCUT2D eigenvalue weighted by Crippen LogP contribution is -2.26. The predicted octanol–water partition coefficient (Wildman–Crippen LogP) is 2.58. The van der Waals surface area contributed by atoms with Crippen molar-refractivity contribution in [2.45, 2.75) is 46.2 Å². The van der Waals surface area contributed by atoms with Gasteiger partial charge in [0.25, 0.3) is 5.56 Å². The number of rotatable bonds is 5. The third kappa shape index (κ3) is 4.00. The lowest BCUT2D eigenvalue weighted by atomic mass is 10.1. The van der Waals surface area contributed by atoms with E-state index in [1.165, 1.54) is 24.0 Å². The molecule has 2 heterocycles. The molecule has 8 heteroatoms. The fraction of sp³-hybridized carbons (Fsp3) is 0.350. The summed E-state index contributed by atoms with van der Waals surface area (Å²) in [6.07, 6.45) is 3.08. The van der Waals surface area contributed by atoms with E-state index in [9.17, 15) is 14.4 Å². The number of aromatic nitrogens is 4. The molecule has 8 nitrogen and oxygen atoms in total. The highest BCUT2D eigenvalue weighted by Gasteiger charge is 2.19. The fourth-order valence-electron chi connectivity index (χ4n) is 2.83. The van der Waals surface area contributed by atoms with Crippen molar-refractivity contribution >= 4 is 28.4 Å². The largest absolute Gasteiger partial charge is 0.326 e. The maximum absolute atomic E-state index is 12.6. The monoisotopic (exact) mass is 381 g/mol. The first-order valence-corrected chi connectivity index (χ1v) is 9.01. The van der Waals surface area contributed by atoms with Crippen LogP contribution in [0.4, 0.5) is 5.69 Å². The van der Waals surface area contributed by atoms with Gasteiger partial charge >= 0.3 is 0 Å². The van der Waals surface area contributed by atoms with Gasteiger partial charge in [0, 0.05) is 24.2 Å². The summed E-state index contributed by atoms with van der Waals surface area (Å²) < 4.78 is 3.13. The topological polar surface area (TPSA) is 98.9 Å². The highest BCUT2D eigenvalue weighted by atomic mass is 16.2. The Kier molecular flexibility index (Phi) is 5.13. The molecule has 0 aliphatic rings. The van der Waals surface area contributed by atoms with Crippen molar-refractivity contribution in [1.29, 1.82) is 0 Å². The van der Waals surface area contributed by atoms with E-state index in [4.69, 9.17) is 0 Å². The zero-order chi connectivity index (χ0) is 20.5.